The maximum absolute atomic E-state index is 13.0. The number of phosphoric ester groups is 2. The molecule has 11 aromatic carbocycles. The number of aliphatic carboxylic acids is 1. The first-order valence-corrected chi connectivity index (χ1v) is 42.3. The van der Waals surface area contributed by atoms with Crippen LogP contribution in [0.4, 0.5) is 14.4 Å². The van der Waals surface area contributed by atoms with Gasteiger partial charge >= 0.3 is 51.8 Å². The van der Waals surface area contributed by atoms with Gasteiger partial charge in [0.2, 0.25) is 0 Å². The van der Waals surface area contributed by atoms with Gasteiger partial charge in [-0.05, 0) is 131 Å². The third kappa shape index (κ3) is 21.0. The molecule has 25 nitrogen and oxygen atoms in total. The molecule has 2 aliphatic heterocycles. The Bertz CT molecular complexity index is 5630. The van der Waals surface area contributed by atoms with Crippen molar-refractivity contribution in [3.05, 3.63) is 364 Å². The van der Waals surface area contributed by atoms with Gasteiger partial charge in [0.25, 0.3) is 0 Å². The number of rotatable bonds is 29. The number of carbonyl (C=O) groups is 6. The maximum atomic E-state index is 13.0. The standard InChI is InChI=1S/C35H32NO8P.C32H28NO8P.C28H27NO6/c1-2-18-40-34(37)32(36-35(38)41-23-31-29-14-8-6-12-27(29)28-13-7-9-15-30(28)31)20-25-16-17-33-26(19-25)22-43-45(39,44-33)42-21-24-10-4-3-5-11-24;34-31(35)29(33-32(36)38-20-28-26-12-6-4-10-24(26)25-11-5-7-13-27(25)28)17-22-14-15-30-23(16-22)19-40-42(37,41-30)39-18-21-8-2-1-3-9-21;1-2-13-34-27(32)25(15-18-11-12-26(31)19(14-18)16-30)29-28(33)35-17-24-22-9-5-3-7-20(22)21-8-4-6-10-23(21)24/h2-17,19,31-32H,1,18,20-23H2,(H,36,38);1-16,28-29H,17-20H2,(H,33,36)(H,34,35);2-12,14,24-25,30-31H,1,13,15-17H2,(H,29,33)/t32-,45?;29-,42?;25-/m000/s1. The summed E-state index contributed by atoms with van der Waals surface area (Å²) in [5, 5.41) is 36.8. The van der Waals surface area contributed by atoms with Crippen LogP contribution in [-0.4, -0.2) is 103 Å². The molecule has 0 fully saturated rings. The number of phosphoric acid groups is 2. The number of phenols is 1. The van der Waals surface area contributed by atoms with Gasteiger partial charge in [0.15, 0.2) is 0 Å². The number of aliphatic hydroxyl groups excluding tert-OH is 1. The van der Waals surface area contributed by atoms with Gasteiger partial charge in [0.1, 0.15) is 68.4 Å². The first kappa shape index (κ1) is 85.2. The number of ether oxygens (including phenoxy) is 5. The molecule has 0 aromatic heterocycles. The lowest BCUT2D eigenvalue weighted by Crippen LogP contribution is -2.44. The van der Waals surface area contributed by atoms with E-state index in [2.05, 4.69) is 53.4 Å². The summed E-state index contributed by atoms with van der Waals surface area (Å²) in [6, 6.07) is 78.0. The summed E-state index contributed by atoms with van der Waals surface area (Å²) in [4.78, 5) is 76.1. The van der Waals surface area contributed by atoms with Crippen LogP contribution in [0.1, 0.15) is 95.6 Å². The molecule has 16 rings (SSSR count). The van der Waals surface area contributed by atoms with Gasteiger partial charge in [-0.25, -0.2) is 37.9 Å². The number of hydrogen-bond acceptors (Lipinski definition) is 21. The number of hydrogen-bond donors (Lipinski definition) is 6. The fourth-order valence-electron chi connectivity index (χ4n) is 15.1. The molecule has 624 valence electrons. The number of alkyl carbamates (subject to hydrolysis) is 3. The second-order valence-electron chi connectivity index (χ2n) is 29.0. The van der Waals surface area contributed by atoms with Crippen LogP contribution in [0.5, 0.6) is 17.2 Å². The Morgan fingerprint density at radius 1 is 0.402 bits per heavy atom. The molecule has 3 amide bonds. The van der Waals surface area contributed by atoms with Crippen LogP contribution in [0.3, 0.4) is 0 Å². The highest BCUT2D eigenvalue weighted by Gasteiger charge is 2.39. The van der Waals surface area contributed by atoms with Gasteiger partial charge < -0.3 is 64.0 Å². The van der Waals surface area contributed by atoms with E-state index < -0.39 is 70.0 Å². The van der Waals surface area contributed by atoms with E-state index in [1.165, 1.54) is 18.2 Å². The van der Waals surface area contributed by atoms with E-state index in [1.54, 1.807) is 48.5 Å². The average molecular weight is 1680 g/mol. The number of carboxylic acids is 1. The van der Waals surface area contributed by atoms with Gasteiger partial charge in [-0.3, -0.25) is 18.1 Å². The van der Waals surface area contributed by atoms with Crippen molar-refractivity contribution >= 4 is 51.8 Å². The van der Waals surface area contributed by atoms with E-state index in [-0.39, 0.29) is 109 Å². The quantitative estimate of drug-likeness (QED) is 0.0110. The zero-order valence-corrected chi connectivity index (χ0v) is 67.8. The molecule has 0 saturated heterocycles. The van der Waals surface area contributed by atoms with Crippen molar-refractivity contribution in [2.24, 2.45) is 0 Å². The number of fused-ring (bicyclic) bond motifs is 11. The number of aliphatic hydroxyl groups is 1. The van der Waals surface area contributed by atoms with Crippen LogP contribution in [0.15, 0.2) is 286 Å². The first-order chi connectivity index (χ1) is 59.3. The van der Waals surface area contributed by atoms with Gasteiger partial charge in [-0.2, -0.15) is 0 Å². The van der Waals surface area contributed by atoms with Crippen molar-refractivity contribution in [3.8, 4) is 50.6 Å². The van der Waals surface area contributed by atoms with Crippen molar-refractivity contribution in [1.82, 2.24) is 16.0 Å². The zero-order chi connectivity index (χ0) is 85.1. The molecule has 3 aliphatic carbocycles. The van der Waals surface area contributed by atoms with Crippen LogP contribution in [0.25, 0.3) is 33.4 Å². The van der Waals surface area contributed by atoms with Crippen LogP contribution >= 0.6 is 15.6 Å². The predicted octanol–water partition coefficient (Wildman–Crippen LogP) is 17.6. The van der Waals surface area contributed by atoms with Crippen LogP contribution < -0.4 is 25.0 Å². The normalized spacial score (nSPS) is 16.1. The molecular weight excluding hydrogens is 1600 g/mol. The minimum Gasteiger partial charge on any atom is -0.508 e. The molecule has 11 aromatic rings. The van der Waals surface area contributed by atoms with E-state index in [1.807, 2.05) is 182 Å². The Hall–Kier alpha value is -13.2. The SMILES string of the molecule is C=CCOC(=O)[C@H](Cc1ccc(O)c(CO)c1)NC(=O)OCC1c2ccccc2-c2ccccc21.C=CCOC(=O)[C@H](Cc1ccc2c(c1)COP(=O)(OCc1ccccc1)O2)NC(=O)OCC1c2ccccc2-c2ccccc21.O=C(N[C@@H](Cc1ccc2c(c1)COP(=O)(OCc1ccccc1)O2)C(=O)O)OCC1c2ccccc2-c2ccccc21. The molecule has 2 unspecified atom stereocenters. The summed E-state index contributed by atoms with van der Waals surface area (Å²) < 4.78 is 86.2. The molecular formula is C95H87N3O22P2. The Balaban J connectivity index is 0.000000151. The molecule has 0 bridgehead atoms. The third-order valence-corrected chi connectivity index (χ3v) is 23.6. The summed E-state index contributed by atoms with van der Waals surface area (Å²) >= 11 is 0. The third-order valence-electron chi connectivity index (χ3n) is 21.0. The van der Waals surface area contributed by atoms with Crippen LogP contribution in [0.2, 0.25) is 0 Å². The van der Waals surface area contributed by atoms with Crippen LogP contribution in [0, 0.1) is 0 Å². The molecule has 2 heterocycles. The molecule has 27 heteroatoms. The Labute approximate surface area is 704 Å². The number of amides is 3. The van der Waals surface area contributed by atoms with Gasteiger partial charge in [0.05, 0.1) is 33.0 Å². The average Bonchev–Trinajstić information content (AvgIpc) is 1.62. The second kappa shape index (κ2) is 39.8. The number of nitrogens with one attached hydrogen (secondary N) is 3. The lowest BCUT2D eigenvalue weighted by atomic mass is 9.98. The van der Waals surface area contributed by atoms with Crippen molar-refractivity contribution in [2.75, 3.05) is 33.0 Å². The summed E-state index contributed by atoms with van der Waals surface area (Å²) in [6.45, 7) is 7.14. The molecule has 122 heavy (non-hydrogen) atoms. The highest BCUT2D eigenvalue weighted by Crippen LogP contribution is 2.57. The second-order valence-corrected chi connectivity index (χ2v) is 32.2. The smallest absolute Gasteiger partial charge is 0.508 e. The first-order valence-electron chi connectivity index (χ1n) is 39.4. The number of aromatic hydroxyl groups is 1. The monoisotopic (exact) mass is 1680 g/mol. The van der Waals surface area contributed by atoms with E-state index in [0.29, 0.717) is 44.9 Å². The van der Waals surface area contributed by atoms with Crippen LogP contribution in [-0.2, 0) is 118 Å². The number of esters is 2. The van der Waals surface area contributed by atoms with Crippen molar-refractivity contribution in [1.29, 1.82) is 0 Å². The summed E-state index contributed by atoms with van der Waals surface area (Å²) in [5.41, 5.74) is 18.3. The fourth-order valence-corrected chi connectivity index (χ4v) is 17.5. The predicted molar refractivity (Wildman–Crippen MR) is 452 cm³/mol. The Morgan fingerprint density at radius 3 is 1.05 bits per heavy atom. The molecule has 0 spiro atoms. The summed E-state index contributed by atoms with van der Waals surface area (Å²) in [6.07, 6.45) is 0.788. The van der Waals surface area contributed by atoms with Crippen molar-refractivity contribution in [2.45, 2.75) is 88.2 Å². The maximum Gasteiger partial charge on any atom is 0.530 e. The Morgan fingerprint density at radius 2 is 0.713 bits per heavy atom. The molecule has 6 N–H and O–H groups in total. The summed E-state index contributed by atoms with van der Waals surface area (Å²) in [5.74, 6) is -2.20. The summed E-state index contributed by atoms with van der Waals surface area (Å²) in [7, 11) is -7.63. The lowest BCUT2D eigenvalue weighted by Gasteiger charge is -2.25. The largest absolute Gasteiger partial charge is 0.530 e. The van der Waals surface area contributed by atoms with Crippen molar-refractivity contribution in [3.63, 3.8) is 0 Å². The van der Waals surface area contributed by atoms with Crippen molar-refractivity contribution < 1.29 is 104 Å². The minimum absolute atomic E-state index is 0.000822. The highest BCUT2D eigenvalue weighted by atomic mass is 31.2. The van der Waals surface area contributed by atoms with E-state index >= 15 is 0 Å². The van der Waals surface area contributed by atoms with E-state index in [4.69, 9.17) is 50.8 Å². The fraction of sp³-hybridized carbons (Fsp3) is 0.200. The number of carboxylic acid groups (broad SMARTS) is 1. The zero-order valence-electron chi connectivity index (χ0n) is 66.0. The van der Waals surface area contributed by atoms with Gasteiger partial charge in [-0.1, -0.05) is 250 Å². The van der Waals surface area contributed by atoms with E-state index in [9.17, 15) is 53.2 Å². The van der Waals surface area contributed by atoms with E-state index in [0.717, 1.165) is 77.9 Å². The van der Waals surface area contributed by atoms with Gasteiger partial charge in [0, 0.05) is 53.7 Å². The molecule has 0 radical (unpaired) electrons. The Kier molecular flexibility index (Phi) is 27.8. The number of carbonyl (C=O) groups excluding carboxylic acids is 5. The molecule has 0 saturated carbocycles. The highest BCUT2D eigenvalue weighted by molar-refractivity contribution is 7.49. The topological polar surface area (TPSA) is 335 Å². The molecule has 5 aliphatic rings. The molecule has 5 atom stereocenters. The lowest BCUT2D eigenvalue weighted by molar-refractivity contribution is -0.145. The van der Waals surface area contributed by atoms with Gasteiger partial charge in [-0.15, -0.1) is 0 Å². The number of benzene rings is 11. The minimum atomic E-state index is -3.82.